The number of aryl methyl sites for hydroxylation is 2. The number of amides is 3. The van der Waals surface area contributed by atoms with E-state index in [9.17, 15) is 14.4 Å². The molecule has 0 bridgehead atoms. The SMILES string of the molecule is CNC(=O)NC(=O)[C@H](C)OC(=O)c1c(C)cc(C)nc1Cl. The Morgan fingerprint density at radius 2 is 1.95 bits per heavy atom. The van der Waals surface area contributed by atoms with E-state index in [2.05, 4.69) is 10.3 Å². The quantitative estimate of drug-likeness (QED) is 0.648. The summed E-state index contributed by atoms with van der Waals surface area (Å²) in [4.78, 5) is 38.6. The molecule has 1 aromatic heterocycles. The molecule has 7 nitrogen and oxygen atoms in total. The van der Waals surface area contributed by atoms with Gasteiger partial charge >= 0.3 is 12.0 Å². The minimum absolute atomic E-state index is 0.0106. The average molecular weight is 314 g/mol. The molecule has 0 unspecified atom stereocenters. The van der Waals surface area contributed by atoms with Crippen molar-refractivity contribution in [2.24, 2.45) is 0 Å². The topological polar surface area (TPSA) is 97.4 Å². The summed E-state index contributed by atoms with van der Waals surface area (Å²) in [6.45, 7) is 4.78. The van der Waals surface area contributed by atoms with E-state index in [1.807, 2.05) is 5.32 Å². The van der Waals surface area contributed by atoms with Crippen LogP contribution in [0.5, 0.6) is 0 Å². The van der Waals surface area contributed by atoms with Crippen LogP contribution in [0.4, 0.5) is 4.79 Å². The maximum absolute atomic E-state index is 12.0. The van der Waals surface area contributed by atoms with Gasteiger partial charge in [0.2, 0.25) is 0 Å². The predicted octanol–water partition coefficient (Wildman–Crippen LogP) is 1.35. The first kappa shape index (κ1) is 16.9. The van der Waals surface area contributed by atoms with Crippen molar-refractivity contribution in [2.75, 3.05) is 7.05 Å². The normalized spacial score (nSPS) is 11.5. The van der Waals surface area contributed by atoms with Crippen LogP contribution in [-0.4, -0.2) is 36.0 Å². The molecule has 0 saturated carbocycles. The van der Waals surface area contributed by atoms with Gasteiger partial charge in [0.25, 0.3) is 5.91 Å². The fourth-order valence-corrected chi connectivity index (χ4v) is 1.94. The zero-order valence-corrected chi connectivity index (χ0v) is 12.9. The van der Waals surface area contributed by atoms with Gasteiger partial charge in [-0.05, 0) is 32.4 Å². The number of halogens is 1. The molecule has 0 spiro atoms. The van der Waals surface area contributed by atoms with Gasteiger partial charge in [-0.25, -0.2) is 14.6 Å². The third-order valence-corrected chi connectivity index (χ3v) is 2.89. The van der Waals surface area contributed by atoms with Crippen molar-refractivity contribution in [2.45, 2.75) is 26.9 Å². The number of pyridine rings is 1. The van der Waals surface area contributed by atoms with Crippen LogP contribution in [0.25, 0.3) is 0 Å². The van der Waals surface area contributed by atoms with E-state index < -0.39 is 24.0 Å². The van der Waals surface area contributed by atoms with Crippen molar-refractivity contribution in [1.29, 1.82) is 0 Å². The molecule has 8 heteroatoms. The lowest BCUT2D eigenvalue weighted by molar-refractivity contribution is -0.127. The van der Waals surface area contributed by atoms with E-state index in [4.69, 9.17) is 16.3 Å². The summed E-state index contributed by atoms with van der Waals surface area (Å²) >= 11 is 5.92. The zero-order chi connectivity index (χ0) is 16.2. The van der Waals surface area contributed by atoms with Gasteiger partial charge in [0.15, 0.2) is 6.10 Å². The molecule has 0 aliphatic rings. The second-order valence-electron chi connectivity index (χ2n) is 4.36. The summed E-state index contributed by atoms with van der Waals surface area (Å²) in [6, 6.07) is 0.992. The van der Waals surface area contributed by atoms with Crippen LogP contribution in [0, 0.1) is 13.8 Å². The molecular formula is C13H16ClN3O4. The first-order valence-electron chi connectivity index (χ1n) is 6.13. The number of carbonyl (C=O) groups excluding carboxylic acids is 3. The fourth-order valence-electron chi connectivity index (χ4n) is 1.59. The number of nitrogens with zero attached hydrogens (tertiary/aromatic N) is 1. The minimum atomic E-state index is -1.15. The highest BCUT2D eigenvalue weighted by Gasteiger charge is 2.23. The summed E-state index contributed by atoms with van der Waals surface area (Å²) in [6.07, 6.45) is -1.15. The standard InChI is InChI=1S/C13H16ClN3O4/c1-6-5-7(2)16-10(14)9(6)12(19)21-8(3)11(18)17-13(20)15-4/h5,8H,1-4H3,(H2,15,17,18,20)/t8-/m0/s1. The molecule has 0 aliphatic carbocycles. The Bertz CT molecular complexity index is 566. The zero-order valence-electron chi connectivity index (χ0n) is 12.1. The van der Waals surface area contributed by atoms with Crippen molar-refractivity contribution in [3.63, 3.8) is 0 Å². The Balaban J connectivity index is 2.82. The maximum atomic E-state index is 12.0. The van der Waals surface area contributed by atoms with E-state index in [1.54, 1.807) is 19.9 Å². The summed E-state index contributed by atoms with van der Waals surface area (Å²) in [5.41, 5.74) is 1.36. The molecule has 1 aromatic rings. The number of carbonyl (C=O) groups is 3. The summed E-state index contributed by atoms with van der Waals surface area (Å²) in [5, 5.41) is 4.24. The smallest absolute Gasteiger partial charge is 0.342 e. The molecule has 21 heavy (non-hydrogen) atoms. The van der Waals surface area contributed by atoms with E-state index in [0.717, 1.165) is 0 Å². The second-order valence-corrected chi connectivity index (χ2v) is 4.72. The number of urea groups is 1. The molecule has 0 radical (unpaired) electrons. The molecule has 2 N–H and O–H groups in total. The third-order valence-electron chi connectivity index (χ3n) is 2.62. The van der Waals surface area contributed by atoms with Gasteiger partial charge in [0.1, 0.15) is 5.15 Å². The molecule has 1 heterocycles. The first-order chi connectivity index (χ1) is 9.76. The molecule has 1 rings (SSSR count). The van der Waals surface area contributed by atoms with Crippen LogP contribution in [0.1, 0.15) is 28.5 Å². The molecule has 0 aliphatic heterocycles. The van der Waals surface area contributed by atoms with Gasteiger partial charge in [0.05, 0.1) is 5.56 Å². The van der Waals surface area contributed by atoms with Crippen LogP contribution in [-0.2, 0) is 9.53 Å². The first-order valence-corrected chi connectivity index (χ1v) is 6.51. The summed E-state index contributed by atoms with van der Waals surface area (Å²) < 4.78 is 4.99. The van der Waals surface area contributed by atoms with Gasteiger partial charge < -0.3 is 10.1 Å². The fraction of sp³-hybridized carbons (Fsp3) is 0.385. The van der Waals surface area contributed by atoms with Crippen LogP contribution in [0.15, 0.2) is 6.07 Å². The van der Waals surface area contributed by atoms with Crippen LogP contribution < -0.4 is 10.6 Å². The number of aromatic nitrogens is 1. The molecular weight excluding hydrogens is 298 g/mol. The van der Waals surface area contributed by atoms with Crippen molar-refractivity contribution in [3.05, 3.63) is 28.0 Å². The lowest BCUT2D eigenvalue weighted by Crippen LogP contribution is -2.43. The maximum Gasteiger partial charge on any atom is 0.342 e. The largest absolute Gasteiger partial charge is 0.449 e. The molecule has 0 aromatic carbocycles. The van der Waals surface area contributed by atoms with Crippen molar-refractivity contribution >= 4 is 29.5 Å². The number of imide groups is 1. The van der Waals surface area contributed by atoms with Crippen molar-refractivity contribution in [1.82, 2.24) is 15.6 Å². The number of rotatable bonds is 3. The number of ether oxygens (including phenoxy) is 1. The number of hydrogen-bond donors (Lipinski definition) is 2. The van der Waals surface area contributed by atoms with Gasteiger partial charge in [-0.15, -0.1) is 0 Å². The van der Waals surface area contributed by atoms with Crippen LogP contribution in [0.2, 0.25) is 5.15 Å². The van der Waals surface area contributed by atoms with Gasteiger partial charge in [-0.3, -0.25) is 10.1 Å². The summed E-state index contributed by atoms with van der Waals surface area (Å²) in [7, 11) is 1.36. The lowest BCUT2D eigenvalue weighted by Gasteiger charge is -2.14. The Labute approximate surface area is 127 Å². The highest BCUT2D eigenvalue weighted by atomic mass is 35.5. The highest BCUT2D eigenvalue weighted by Crippen LogP contribution is 2.20. The predicted molar refractivity (Wildman–Crippen MR) is 76.2 cm³/mol. The van der Waals surface area contributed by atoms with Gasteiger partial charge in [-0.1, -0.05) is 11.6 Å². The van der Waals surface area contributed by atoms with Crippen LogP contribution in [0.3, 0.4) is 0 Å². The van der Waals surface area contributed by atoms with Gasteiger partial charge in [0, 0.05) is 12.7 Å². The Hall–Kier alpha value is -2.15. The van der Waals surface area contributed by atoms with Gasteiger partial charge in [-0.2, -0.15) is 0 Å². The Kier molecular flexibility index (Phi) is 5.66. The number of esters is 1. The van der Waals surface area contributed by atoms with Crippen molar-refractivity contribution in [3.8, 4) is 0 Å². The van der Waals surface area contributed by atoms with E-state index in [1.165, 1.54) is 14.0 Å². The van der Waals surface area contributed by atoms with E-state index >= 15 is 0 Å². The molecule has 1 atom stereocenters. The molecule has 114 valence electrons. The monoisotopic (exact) mass is 313 g/mol. The highest BCUT2D eigenvalue weighted by molar-refractivity contribution is 6.32. The molecule has 3 amide bonds. The summed E-state index contributed by atoms with van der Waals surface area (Å²) in [5.74, 6) is -1.51. The Morgan fingerprint density at radius 3 is 2.48 bits per heavy atom. The third kappa shape index (κ3) is 4.42. The van der Waals surface area contributed by atoms with Crippen LogP contribution >= 0.6 is 11.6 Å². The second kappa shape index (κ2) is 7.03. The molecule has 0 saturated heterocycles. The number of nitrogens with one attached hydrogen (secondary N) is 2. The average Bonchev–Trinajstić information content (AvgIpc) is 2.36. The Morgan fingerprint density at radius 1 is 1.33 bits per heavy atom. The molecule has 0 fully saturated rings. The van der Waals surface area contributed by atoms with E-state index in [0.29, 0.717) is 11.3 Å². The van der Waals surface area contributed by atoms with E-state index in [-0.39, 0.29) is 10.7 Å². The van der Waals surface area contributed by atoms with Crippen molar-refractivity contribution < 1.29 is 19.1 Å². The number of hydrogen-bond acceptors (Lipinski definition) is 5. The lowest BCUT2D eigenvalue weighted by atomic mass is 10.1. The minimum Gasteiger partial charge on any atom is -0.449 e.